The highest BCUT2D eigenvalue weighted by atomic mass is 79.9. The summed E-state index contributed by atoms with van der Waals surface area (Å²) in [7, 11) is -7.96. The highest BCUT2D eigenvalue weighted by molar-refractivity contribution is 9.10. The molecule has 0 amide bonds. The van der Waals surface area contributed by atoms with Crippen molar-refractivity contribution in [3.05, 3.63) is 41.0 Å². The number of nitrogens with zero attached hydrogens (tertiary/aromatic N) is 1. The highest BCUT2D eigenvalue weighted by Gasteiger charge is 2.23. The average Bonchev–Trinajstić information content (AvgIpc) is 2.47. The van der Waals surface area contributed by atoms with Gasteiger partial charge in [-0.1, -0.05) is 0 Å². The van der Waals surface area contributed by atoms with Crippen molar-refractivity contribution in [2.24, 2.45) is 0 Å². The van der Waals surface area contributed by atoms with Crippen LogP contribution in [0.2, 0.25) is 0 Å². The zero-order chi connectivity index (χ0) is 18.8. The fraction of sp³-hybridized carbons (Fsp3) is 0.154. The molecule has 1 aromatic carbocycles. The molecule has 0 atom stereocenters. The van der Waals surface area contributed by atoms with Gasteiger partial charge in [0.25, 0.3) is 10.0 Å². The minimum atomic E-state index is -4.31. The van der Waals surface area contributed by atoms with Crippen LogP contribution in [-0.2, 0) is 19.9 Å². The second-order valence-corrected chi connectivity index (χ2v) is 9.23. The van der Waals surface area contributed by atoms with Crippen LogP contribution in [0.15, 0.2) is 50.8 Å². The Balaban J connectivity index is 2.48. The Bertz CT molecular complexity index is 997. The molecular formula is C13H11BrF2N2O5S2. The second-order valence-electron chi connectivity index (χ2n) is 4.70. The lowest BCUT2D eigenvalue weighted by Gasteiger charge is -2.13. The van der Waals surface area contributed by atoms with Crippen molar-refractivity contribution >= 4 is 41.5 Å². The molecule has 0 saturated carbocycles. The molecule has 0 radical (unpaired) electrons. The van der Waals surface area contributed by atoms with Crippen molar-refractivity contribution in [3.63, 3.8) is 0 Å². The molecule has 0 fully saturated rings. The fourth-order valence-electron chi connectivity index (χ4n) is 1.77. The van der Waals surface area contributed by atoms with E-state index in [1.165, 1.54) is 24.3 Å². The molecule has 0 unspecified atom stereocenters. The van der Waals surface area contributed by atoms with E-state index in [0.29, 0.717) is 0 Å². The van der Waals surface area contributed by atoms with Crippen LogP contribution in [0.1, 0.15) is 0 Å². The summed E-state index contributed by atoms with van der Waals surface area (Å²) in [6.45, 7) is -3.20. The van der Waals surface area contributed by atoms with E-state index in [-0.39, 0.29) is 20.0 Å². The number of sulfone groups is 1. The van der Waals surface area contributed by atoms with Crippen LogP contribution in [0.4, 0.5) is 14.5 Å². The summed E-state index contributed by atoms with van der Waals surface area (Å²) in [5, 5.41) is 0. The minimum absolute atomic E-state index is 0.0904. The number of anilines is 1. The van der Waals surface area contributed by atoms with Crippen LogP contribution >= 0.6 is 15.9 Å². The summed E-state index contributed by atoms with van der Waals surface area (Å²) in [6.07, 6.45) is 2.07. The molecule has 0 aliphatic heterocycles. The molecule has 0 aliphatic rings. The third-order valence-corrected chi connectivity index (χ3v) is 6.31. The third-order valence-electron chi connectivity index (χ3n) is 2.84. The van der Waals surface area contributed by atoms with Gasteiger partial charge in [0.05, 0.1) is 4.90 Å². The summed E-state index contributed by atoms with van der Waals surface area (Å²) >= 11 is 3.02. The number of alkyl halides is 2. The van der Waals surface area contributed by atoms with E-state index in [4.69, 9.17) is 0 Å². The Hall–Kier alpha value is -1.79. The molecule has 2 rings (SSSR count). The lowest BCUT2D eigenvalue weighted by Crippen LogP contribution is -2.16. The van der Waals surface area contributed by atoms with Crippen molar-refractivity contribution in [2.45, 2.75) is 16.4 Å². The van der Waals surface area contributed by atoms with Crippen LogP contribution in [0.25, 0.3) is 0 Å². The van der Waals surface area contributed by atoms with Gasteiger partial charge in [0, 0.05) is 16.9 Å². The van der Waals surface area contributed by atoms with Crippen molar-refractivity contribution in [1.82, 2.24) is 4.98 Å². The van der Waals surface area contributed by atoms with Gasteiger partial charge in [-0.15, -0.1) is 0 Å². The average molecular weight is 457 g/mol. The fourth-order valence-corrected chi connectivity index (χ4v) is 4.54. The van der Waals surface area contributed by atoms with E-state index in [1.54, 1.807) is 0 Å². The van der Waals surface area contributed by atoms with Crippen molar-refractivity contribution in [2.75, 3.05) is 11.0 Å². The molecule has 1 N–H and O–H groups in total. The first-order chi connectivity index (χ1) is 11.5. The molecule has 136 valence electrons. The number of benzene rings is 1. The van der Waals surface area contributed by atoms with Gasteiger partial charge in [0.2, 0.25) is 5.88 Å². The predicted octanol–water partition coefficient (Wildman–Crippen LogP) is 2.65. The Morgan fingerprint density at radius 2 is 1.88 bits per heavy atom. The topological polar surface area (TPSA) is 102 Å². The van der Waals surface area contributed by atoms with Gasteiger partial charge in [-0.05, 0) is 46.3 Å². The quantitative estimate of drug-likeness (QED) is 0.716. The summed E-state index contributed by atoms with van der Waals surface area (Å²) in [4.78, 5) is 2.94. The van der Waals surface area contributed by atoms with Crippen LogP contribution in [0.5, 0.6) is 5.88 Å². The Morgan fingerprint density at radius 3 is 2.48 bits per heavy atom. The van der Waals surface area contributed by atoms with Crippen LogP contribution in [0.3, 0.4) is 0 Å². The van der Waals surface area contributed by atoms with Gasteiger partial charge in [-0.25, -0.2) is 21.8 Å². The molecule has 1 aromatic heterocycles. The normalized spacial score (nSPS) is 12.2. The Kier molecular flexibility index (Phi) is 5.64. The molecule has 12 heteroatoms. The maximum absolute atomic E-state index is 12.5. The lowest BCUT2D eigenvalue weighted by atomic mass is 10.4. The van der Waals surface area contributed by atoms with Crippen LogP contribution in [-0.4, -0.2) is 34.7 Å². The molecule has 2 aromatic rings. The summed E-state index contributed by atoms with van der Waals surface area (Å²) in [5.74, 6) is -0.614. The number of hydrogen-bond acceptors (Lipinski definition) is 6. The van der Waals surface area contributed by atoms with E-state index >= 15 is 0 Å². The van der Waals surface area contributed by atoms with E-state index in [0.717, 1.165) is 18.5 Å². The standard InChI is InChI=1S/C13H11BrF2N2O5S2/c1-24(19,20)8-4-5-9(14)11(7-8)25(21,22)18-10-3-2-6-17-12(10)23-13(15)16/h2-7,13,18H,1H3. The first-order valence-corrected chi connectivity index (χ1v) is 10.6. The molecule has 25 heavy (non-hydrogen) atoms. The first kappa shape index (κ1) is 19.5. The van der Waals surface area contributed by atoms with Gasteiger partial charge < -0.3 is 4.74 Å². The van der Waals surface area contributed by atoms with Crippen molar-refractivity contribution in [1.29, 1.82) is 0 Å². The van der Waals surface area contributed by atoms with Gasteiger partial charge in [-0.2, -0.15) is 8.78 Å². The summed E-state index contributed by atoms with van der Waals surface area (Å²) in [5.41, 5.74) is -0.320. The number of pyridine rings is 1. The van der Waals surface area contributed by atoms with Crippen LogP contribution < -0.4 is 9.46 Å². The number of sulfonamides is 1. The predicted molar refractivity (Wildman–Crippen MR) is 88.9 cm³/mol. The molecule has 0 saturated heterocycles. The minimum Gasteiger partial charge on any atom is -0.415 e. The summed E-state index contributed by atoms with van der Waals surface area (Å²) in [6, 6.07) is 5.93. The highest BCUT2D eigenvalue weighted by Crippen LogP contribution is 2.30. The maximum atomic E-state index is 12.5. The molecule has 1 heterocycles. The van der Waals surface area contributed by atoms with Crippen molar-refractivity contribution in [3.8, 4) is 5.88 Å². The van der Waals surface area contributed by atoms with Gasteiger partial charge in [0.15, 0.2) is 9.84 Å². The molecule has 0 bridgehead atoms. The number of aromatic nitrogens is 1. The molecule has 0 spiro atoms. The van der Waals surface area contributed by atoms with Crippen LogP contribution in [0, 0.1) is 0 Å². The van der Waals surface area contributed by atoms with Gasteiger partial charge >= 0.3 is 6.61 Å². The molecule has 0 aliphatic carbocycles. The SMILES string of the molecule is CS(=O)(=O)c1ccc(Br)c(S(=O)(=O)Nc2cccnc2OC(F)F)c1. The number of nitrogens with one attached hydrogen (secondary N) is 1. The molecular weight excluding hydrogens is 446 g/mol. The third kappa shape index (κ3) is 4.86. The monoisotopic (exact) mass is 456 g/mol. The largest absolute Gasteiger partial charge is 0.415 e. The zero-order valence-corrected chi connectivity index (χ0v) is 15.7. The second kappa shape index (κ2) is 7.22. The van der Waals surface area contributed by atoms with Crippen molar-refractivity contribution < 1.29 is 30.4 Å². The molecule has 7 nitrogen and oxygen atoms in total. The maximum Gasteiger partial charge on any atom is 0.388 e. The number of hydrogen-bond donors (Lipinski definition) is 1. The number of ether oxygens (including phenoxy) is 1. The Morgan fingerprint density at radius 1 is 1.20 bits per heavy atom. The Labute approximate surface area is 151 Å². The van der Waals surface area contributed by atoms with E-state index < -0.39 is 32.4 Å². The number of rotatable bonds is 6. The van der Waals surface area contributed by atoms with E-state index in [9.17, 15) is 25.6 Å². The smallest absolute Gasteiger partial charge is 0.388 e. The van der Waals surface area contributed by atoms with E-state index in [2.05, 4.69) is 30.4 Å². The summed E-state index contributed by atoms with van der Waals surface area (Å²) < 4.78 is 79.4. The first-order valence-electron chi connectivity index (χ1n) is 6.43. The van der Waals surface area contributed by atoms with E-state index in [1.807, 2.05) is 0 Å². The van der Waals surface area contributed by atoms with Gasteiger partial charge in [-0.3, -0.25) is 4.72 Å². The lowest BCUT2D eigenvalue weighted by molar-refractivity contribution is -0.0523. The van der Waals surface area contributed by atoms with Gasteiger partial charge in [0.1, 0.15) is 10.6 Å². The number of halogens is 3. The zero-order valence-electron chi connectivity index (χ0n) is 12.5.